The van der Waals surface area contributed by atoms with Crippen LogP contribution in [0, 0.1) is 0 Å². The standard InChI is InChI=1S/C22H36O/c1-4-5-6-7-8-9-11-14-20(2)17-18-23-19-21(3)22-15-12-10-13-16-22/h10,12-13,15-17,21H,4-9,11,14,18-19H2,1-3H3/b20-17+/t21-/m0/s1. The lowest BCUT2D eigenvalue weighted by molar-refractivity contribution is 0.149. The minimum Gasteiger partial charge on any atom is -0.377 e. The van der Waals surface area contributed by atoms with Crippen molar-refractivity contribution in [2.45, 2.75) is 78.1 Å². The summed E-state index contributed by atoms with van der Waals surface area (Å²) in [6, 6.07) is 10.6. The van der Waals surface area contributed by atoms with Crippen molar-refractivity contribution in [3.8, 4) is 0 Å². The molecule has 0 N–H and O–H groups in total. The van der Waals surface area contributed by atoms with Crippen molar-refractivity contribution in [1.29, 1.82) is 0 Å². The Kier molecular flexibility index (Phi) is 11.6. The van der Waals surface area contributed by atoms with E-state index in [1.165, 1.54) is 62.5 Å². The molecule has 0 saturated heterocycles. The largest absolute Gasteiger partial charge is 0.377 e. The molecule has 1 aromatic carbocycles. The molecule has 0 amide bonds. The van der Waals surface area contributed by atoms with Crippen LogP contribution in [0.4, 0.5) is 0 Å². The fraction of sp³-hybridized carbons (Fsp3) is 0.636. The van der Waals surface area contributed by atoms with E-state index >= 15 is 0 Å². The van der Waals surface area contributed by atoms with Gasteiger partial charge in [0.2, 0.25) is 0 Å². The minimum atomic E-state index is 0.466. The molecule has 0 aliphatic carbocycles. The van der Waals surface area contributed by atoms with E-state index in [0.29, 0.717) is 5.92 Å². The Labute approximate surface area is 144 Å². The summed E-state index contributed by atoms with van der Waals surface area (Å²) in [5, 5.41) is 0. The van der Waals surface area contributed by atoms with Gasteiger partial charge in [0.25, 0.3) is 0 Å². The van der Waals surface area contributed by atoms with Gasteiger partial charge < -0.3 is 4.74 Å². The molecule has 1 aromatic rings. The van der Waals surface area contributed by atoms with Crippen LogP contribution in [-0.4, -0.2) is 13.2 Å². The van der Waals surface area contributed by atoms with Crippen molar-refractivity contribution in [2.75, 3.05) is 13.2 Å². The first-order valence-corrected chi connectivity index (χ1v) is 9.52. The van der Waals surface area contributed by atoms with E-state index in [-0.39, 0.29) is 0 Å². The summed E-state index contributed by atoms with van der Waals surface area (Å²) in [5.74, 6) is 0.466. The van der Waals surface area contributed by atoms with Gasteiger partial charge >= 0.3 is 0 Å². The first kappa shape index (κ1) is 20.0. The predicted octanol–water partition coefficient (Wildman–Crippen LogP) is 6.89. The molecule has 0 spiro atoms. The highest BCUT2D eigenvalue weighted by molar-refractivity contribution is 5.18. The highest BCUT2D eigenvalue weighted by atomic mass is 16.5. The molecule has 0 aliphatic heterocycles. The van der Waals surface area contributed by atoms with Crippen LogP contribution in [0.3, 0.4) is 0 Å². The third-order valence-electron chi connectivity index (χ3n) is 4.46. The smallest absolute Gasteiger partial charge is 0.0650 e. The lowest BCUT2D eigenvalue weighted by Crippen LogP contribution is -2.04. The first-order chi connectivity index (χ1) is 11.2. The second-order valence-corrected chi connectivity index (χ2v) is 6.77. The Morgan fingerprint density at radius 3 is 2.35 bits per heavy atom. The quantitative estimate of drug-likeness (QED) is 0.284. The fourth-order valence-corrected chi connectivity index (χ4v) is 2.79. The Balaban J connectivity index is 2.03. The van der Waals surface area contributed by atoms with Crippen molar-refractivity contribution < 1.29 is 4.74 Å². The maximum absolute atomic E-state index is 5.82. The predicted molar refractivity (Wildman–Crippen MR) is 102 cm³/mol. The summed E-state index contributed by atoms with van der Waals surface area (Å²) in [4.78, 5) is 0. The van der Waals surface area contributed by atoms with E-state index in [4.69, 9.17) is 4.74 Å². The number of allylic oxidation sites excluding steroid dienone is 1. The van der Waals surface area contributed by atoms with Crippen molar-refractivity contribution in [3.05, 3.63) is 47.5 Å². The topological polar surface area (TPSA) is 9.23 Å². The molecule has 1 atom stereocenters. The lowest BCUT2D eigenvalue weighted by atomic mass is 10.0. The number of ether oxygens (including phenoxy) is 1. The van der Waals surface area contributed by atoms with Crippen LogP contribution >= 0.6 is 0 Å². The molecule has 0 saturated carbocycles. The highest BCUT2D eigenvalue weighted by Crippen LogP contribution is 2.15. The zero-order valence-electron chi connectivity index (χ0n) is 15.5. The summed E-state index contributed by atoms with van der Waals surface area (Å²) >= 11 is 0. The molecule has 1 heteroatoms. The molecule has 0 heterocycles. The van der Waals surface area contributed by atoms with Gasteiger partial charge in [0.15, 0.2) is 0 Å². The van der Waals surface area contributed by atoms with E-state index in [9.17, 15) is 0 Å². The molecular formula is C22H36O. The molecule has 1 nitrogen and oxygen atoms in total. The van der Waals surface area contributed by atoms with Crippen LogP contribution in [0.25, 0.3) is 0 Å². The maximum atomic E-state index is 5.82. The van der Waals surface area contributed by atoms with E-state index in [1.54, 1.807) is 0 Å². The summed E-state index contributed by atoms with van der Waals surface area (Å²) in [5.41, 5.74) is 2.84. The second kappa shape index (κ2) is 13.4. The Hall–Kier alpha value is -1.08. The number of hydrogen-bond acceptors (Lipinski definition) is 1. The lowest BCUT2D eigenvalue weighted by Gasteiger charge is -2.11. The first-order valence-electron chi connectivity index (χ1n) is 9.52. The van der Waals surface area contributed by atoms with Crippen LogP contribution in [0.15, 0.2) is 42.0 Å². The zero-order valence-corrected chi connectivity index (χ0v) is 15.5. The van der Waals surface area contributed by atoms with Crippen LogP contribution in [0.2, 0.25) is 0 Å². The molecule has 0 radical (unpaired) electrons. The molecule has 23 heavy (non-hydrogen) atoms. The minimum absolute atomic E-state index is 0.466. The number of benzene rings is 1. The normalized spacial score (nSPS) is 13.3. The molecule has 0 fully saturated rings. The molecule has 0 aliphatic rings. The number of unbranched alkanes of at least 4 members (excludes halogenated alkanes) is 6. The van der Waals surface area contributed by atoms with Crippen LogP contribution in [-0.2, 0) is 4.74 Å². The molecule has 0 aromatic heterocycles. The van der Waals surface area contributed by atoms with Crippen molar-refractivity contribution in [3.63, 3.8) is 0 Å². The van der Waals surface area contributed by atoms with Crippen molar-refractivity contribution in [1.82, 2.24) is 0 Å². The van der Waals surface area contributed by atoms with Gasteiger partial charge in [-0.15, -0.1) is 0 Å². The van der Waals surface area contributed by atoms with Gasteiger partial charge in [0.05, 0.1) is 13.2 Å². The summed E-state index contributed by atoms with van der Waals surface area (Å²) in [6.07, 6.45) is 13.2. The van der Waals surface area contributed by atoms with Crippen molar-refractivity contribution in [2.24, 2.45) is 0 Å². The monoisotopic (exact) mass is 316 g/mol. The summed E-state index contributed by atoms with van der Waals surface area (Å²) in [6.45, 7) is 8.28. The average molecular weight is 317 g/mol. The van der Waals surface area contributed by atoms with E-state index < -0.39 is 0 Å². The molecule has 130 valence electrons. The second-order valence-electron chi connectivity index (χ2n) is 6.77. The third-order valence-corrected chi connectivity index (χ3v) is 4.46. The van der Waals surface area contributed by atoms with Crippen molar-refractivity contribution >= 4 is 0 Å². The van der Waals surface area contributed by atoms with Gasteiger partial charge in [0.1, 0.15) is 0 Å². The van der Waals surface area contributed by atoms with Crippen LogP contribution < -0.4 is 0 Å². The van der Waals surface area contributed by atoms with Gasteiger partial charge in [-0.2, -0.15) is 0 Å². The van der Waals surface area contributed by atoms with E-state index in [0.717, 1.165) is 13.2 Å². The summed E-state index contributed by atoms with van der Waals surface area (Å²) < 4.78 is 5.82. The number of hydrogen-bond donors (Lipinski definition) is 0. The number of rotatable bonds is 13. The molecule has 0 unspecified atom stereocenters. The SMILES string of the molecule is CCCCCCCCC/C(C)=C/COC[C@H](C)c1ccccc1. The van der Waals surface area contributed by atoms with Crippen LogP contribution in [0.1, 0.15) is 83.6 Å². The molecule has 1 rings (SSSR count). The third kappa shape index (κ3) is 10.3. The summed E-state index contributed by atoms with van der Waals surface area (Å²) in [7, 11) is 0. The average Bonchev–Trinajstić information content (AvgIpc) is 2.58. The maximum Gasteiger partial charge on any atom is 0.0650 e. The Morgan fingerprint density at radius 2 is 1.65 bits per heavy atom. The van der Waals surface area contributed by atoms with Gasteiger partial charge in [0, 0.05) is 5.92 Å². The van der Waals surface area contributed by atoms with E-state index in [1.807, 2.05) is 0 Å². The van der Waals surface area contributed by atoms with Gasteiger partial charge in [-0.1, -0.05) is 94.4 Å². The Morgan fingerprint density at radius 1 is 1.00 bits per heavy atom. The fourth-order valence-electron chi connectivity index (χ4n) is 2.79. The van der Waals surface area contributed by atoms with E-state index in [2.05, 4.69) is 57.2 Å². The van der Waals surface area contributed by atoms with Gasteiger partial charge in [-0.25, -0.2) is 0 Å². The highest BCUT2D eigenvalue weighted by Gasteiger charge is 2.03. The van der Waals surface area contributed by atoms with Crippen LogP contribution in [0.5, 0.6) is 0 Å². The van der Waals surface area contributed by atoms with Gasteiger partial charge in [-0.05, 0) is 25.3 Å². The molecular weight excluding hydrogens is 280 g/mol. The van der Waals surface area contributed by atoms with Gasteiger partial charge in [-0.3, -0.25) is 0 Å². The zero-order chi connectivity index (χ0) is 16.8. The molecule has 0 bridgehead atoms. The Bertz CT molecular complexity index is 407.